The highest BCUT2D eigenvalue weighted by atomic mass is 32.2. The van der Waals surface area contributed by atoms with Crippen LogP contribution in [0.4, 0.5) is 0 Å². The number of carbonyl (C=O) groups excluding carboxylic acids is 1. The molecule has 3 nitrogen and oxygen atoms in total. The summed E-state index contributed by atoms with van der Waals surface area (Å²) in [6.07, 6.45) is 4.91. The number of ether oxygens (including phenoxy) is 1. The summed E-state index contributed by atoms with van der Waals surface area (Å²) in [4.78, 5) is 11.4. The first-order valence-electron chi connectivity index (χ1n) is 5.53. The van der Waals surface area contributed by atoms with E-state index in [0.717, 1.165) is 18.6 Å². The van der Waals surface area contributed by atoms with Crippen LogP contribution in [-0.2, 0) is 9.53 Å². The molecular formula is C11H23NO2S. The lowest BCUT2D eigenvalue weighted by Gasteiger charge is -2.14. The van der Waals surface area contributed by atoms with Gasteiger partial charge >= 0.3 is 5.97 Å². The van der Waals surface area contributed by atoms with Crippen LogP contribution in [0.2, 0.25) is 0 Å². The van der Waals surface area contributed by atoms with Crippen molar-refractivity contribution in [3.63, 3.8) is 0 Å². The number of rotatable bonds is 8. The van der Waals surface area contributed by atoms with Gasteiger partial charge in [0.15, 0.2) is 0 Å². The Morgan fingerprint density at radius 3 is 2.67 bits per heavy atom. The molecule has 0 aromatic carbocycles. The summed E-state index contributed by atoms with van der Waals surface area (Å²) in [5, 5.41) is 0. The Balaban J connectivity index is 3.63. The van der Waals surface area contributed by atoms with E-state index in [0.29, 0.717) is 18.9 Å². The van der Waals surface area contributed by atoms with E-state index in [-0.39, 0.29) is 5.97 Å². The van der Waals surface area contributed by atoms with Gasteiger partial charge in [-0.1, -0.05) is 20.3 Å². The first kappa shape index (κ1) is 14.8. The maximum Gasteiger partial charge on any atom is 0.322 e. The Morgan fingerprint density at radius 2 is 2.13 bits per heavy atom. The second-order valence-electron chi connectivity index (χ2n) is 3.91. The smallest absolute Gasteiger partial charge is 0.322 e. The molecule has 0 spiro atoms. The van der Waals surface area contributed by atoms with Gasteiger partial charge in [0.2, 0.25) is 0 Å². The Hall–Kier alpha value is -0.220. The maximum atomic E-state index is 11.4. The van der Waals surface area contributed by atoms with Gasteiger partial charge in [-0.25, -0.2) is 0 Å². The van der Waals surface area contributed by atoms with E-state index in [1.807, 2.05) is 6.26 Å². The summed E-state index contributed by atoms with van der Waals surface area (Å²) < 4.78 is 5.14. The predicted octanol–water partition coefficient (Wildman–Crippen LogP) is 2.05. The minimum absolute atomic E-state index is 0.257. The number of carbonyl (C=O) groups is 1. The van der Waals surface area contributed by atoms with Gasteiger partial charge in [-0.2, -0.15) is 11.8 Å². The molecule has 0 saturated heterocycles. The summed E-state index contributed by atoms with van der Waals surface area (Å²) >= 11 is 1.69. The van der Waals surface area contributed by atoms with Gasteiger partial charge in [0.25, 0.3) is 0 Å². The summed E-state index contributed by atoms with van der Waals surface area (Å²) in [7, 11) is 0. The van der Waals surface area contributed by atoms with E-state index in [9.17, 15) is 4.79 Å². The van der Waals surface area contributed by atoms with Crippen molar-refractivity contribution in [3.8, 4) is 0 Å². The third-order valence-electron chi connectivity index (χ3n) is 2.23. The molecule has 0 aliphatic rings. The molecular weight excluding hydrogens is 210 g/mol. The van der Waals surface area contributed by atoms with Crippen LogP contribution in [0.15, 0.2) is 0 Å². The second-order valence-corrected chi connectivity index (χ2v) is 4.90. The average molecular weight is 233 g/mol. The lowest BCUT2D eigenvalue weighted by atomic mass is 10.1. The third kappa shape index (κ3) is 7.68. The van der Waals surface area contributed by atoms with E-state index < -0.39 is 6.04 Å². The van der Waals surface area contributed by atoms with Crippen LogP contribution in [0.3, 0.4) is 0 Å². The van der Waals surface area contributed by atoms with Crippen LogP contribution < -0.4 is 5.73 Å². The van der Waals surface area contributed by atoms with Crippen LogP contribution in [-0.4, -0.2) is 30.6 Å². The molecule has 0 aromatic heterocycles. The van der Waals surface area contributed by atoms with Gasteiger partial charge < -0.3 is 10.5 Å². The first-order valence-corrected chi connectivity index (χ1v) is 6.92. The monoisotopic (exact) mass is 233 g/mol. The van der Waals surface area contributed by atoms with Crippen LogP contribution in [0, 0.1) is 5.92 Å². The first-order chi connectivity index (χ1) is 7.11. The number of thioether (sulfide) groups is 1. The summed E-state index contributed by atoms with van der Waals surface area (Å²) in [5.41, 5.74) is 5.68. The molecule has 0 heterocycles. The van der Waals surface area contributed by atoms with Crippen molar-refractivity contribution in [2.24, 2.45) is 11.7 Å². The molecule has 0 bridgehead atoms. The van der Waals surface area contributed by atoms with Gasteiger partial charge in [0.1, 0.15) is 6.04 Å². The highest BCUT2D eigenvalue weighted by molar-refractivity contribution is 7.98. The molecule has 0 aliphatic heterocycles. The van der Waals surface area contributed by atoms with Crippen molar-refractivity contribution < 1.29 is 9.53 Å². The SMILES string of the molecule is CCCC(C)COC(=O)[C@@H](N)CCSC. The number of esters is 1. The number of nitrogens with two attached hydrogens (primary N) is 1. The molecule has 1 unspecified atom stereocenters. The molecule has 15 heavy (non-hydrogen) atoms. The van der Waals surface area contributed by atoms with Gasteiger partial charge in [0.05, 0.1) is 6.61 Å². The van der Waals surface area contributed by atoms with Crippen molar-refractivity contribution in [2.45, 2.75) is 39.2 Å². The summed E-state index contributed by atoms with van der Waals surface area (Å²) in [6, 6.07) is -0.453. The fourth-order valence-corrected chi connectivity index (χ4v) is 1.76. The normalized spacial score (nSPS) is 14.7. The van der Waals surface area contributed by atoms with Gasteiger partial charge in [-0.3, -0.25) is 4.79 Å². The maximum absolute atomic E-state index is 11.4. The molecule has 4 heteroatoms. The van der Waals surface area contributed by atoms with E-state index in [4.69, 9.17) is 10.5 Å². The average Bonchev–Trinajstić information content (AvgIpc) is 2.22. The van der Waals surface area contributed by atoms with Crippen molar-refractivity contribution in [3.05, 3.63) is 0 Å². The highest BCUT2D eigenvalue weighted by Crippen LogP contribution is 2.06. The van der Waals surface area contributed by atoms with E-state index in [2.05, 4.69) is 13.8 Å². The van der Waals surface area contributed by atoms with Gasteiger partial charge in [-0.05, 0) is 30.8 Å². The quantitative estimate of drug-likeness (QED) is 0.652. The minimum Gasteiger partial charge on any atom is -0.464 e. The zero-order valence-electron chi connectivity index (χ0n) is 9.99. The molecule has 0 aliphatic carbocycles. The molecule has 0 fully saturated rings. The largest absolute Gasteiger partial charge is 0.464 e. The van der Waals surface area contributed by atoms with Crippen LogP contribution in [0.25, 0.3) is 0 Å². The lowest BCUT2D eigenvalue weighted by molar-refractivity contribution is -0.146. The fourth-order valence-electron chi connectivity index (χ4n) is 1.27. The third-order valence-corrected chi connectivity index (χ3v) is 2.87. The Bertz CT molecular complexity index is 176. The molecule has 0 rings (SSSR count). The molecule has 2 atom stereocenters. The molecule has 0 aromatic rings. The zero-order valence-corrected chi connectivity index (χ0v) is 10.8. The fraction of sp³-hybridized carbons (Fsp3) is 0.909. The molecule has 0 saturated carbocycles. The second kappa shape index (κ2) is 9.04. The number of hydrogen-bond acceptors (Lipinski definition) is 4. The molecule has 0 radical (unpaired) electrons. The summed E-state index contributed by atoms with van der Waals surface area (Å²) in [5.74, 6) is 1.08. The topological polar surface area (TPSA) is 52.3 Å². The Labute approximate surface area is 97.1 Å². The van der Waals surface area contributed by atoms with Crippen molar-refractivity contribution in [2.75, 3.05) is 18.6 Å². The predicted molar refractivity (Wildman–Crippen MR) is 66.0 cm³/mol. The Morgan fingerprint density at radius 1 is 1.47 bits per heavy atom. The molecule has 90 valence electrons. The minimum atomic E-state index is -0.453. The van der Waals surface area contributed by atoms with Crippen molar-refractivity contribution in [1.82, 2.24) is 0 Å². The highest BCUT2D eigenvalue weighted by Gasteiger charge is 2.15. The summed E-state index contributed by atoms with van der Waals surface area (Å²) in [6.45, 7) is 4.71. The lowest BCUT2D eigenvalue weighted by Crippen LogP contribution is -2.33. The molecule has 2 N–H and O–H groups in total. The van der Waals surface area contributed by atoms with Crippen molar-refractivity contribution in [1.29, 1.82) is 0 Å². The van der Waals surface area contributed by atoms with Crippen LogP contribution in [0.5, 0.6) is 0 Å². The van der Waals surface area contributed by atoms with Crippen LogP contribution in [0.1, 0.15) is 33.1 Å². The van der Waals surface area contributed by atoms with Crippen molar-refractivity contribution >= 4 is 17.7 Å². The Kier molecular flexibility index (Phi) is 8.91. The molecule has 0 amide bonds. The number of hydrogen-bond donors (Lipinski definition) is 1. The van der Waals surface area contributed by atoms with Gasteiger partial charge in [0, 0.05) is 0 Å². The van der Waals surface area contributed by atoms with E-state index in [1.165, 1.54) is 0 Å². The standard InChI is InChI=1S/C11H23NO2S/c1-4-5-9(2)8-14-11(13)10(12)6-7-15-3/h9-10H,4-8,12H2,1-3H3/t9?,10-/m0/s1. The van der Waals surface area contributed by atoms with E-state index in [1.54, 1.807) is 11.8 Å². The zero-order chi connectivity index (χ0) is 11.7. The van der Waals surface area contributed by atoms with Crippen LogP contribution >= 0.6 is 11.8 Å². The van der Waals surface area contributed by atoms with E-state index >= 15 is 0 Å². The van der Waals surface area contributed by atoms with Gasteiger partial charge in [-0.15, -0.1) is 0 Å².